The number of benzene rings is 2. The third-order valence-electron chi connectivity index (χ3n) is 4.96. The maximum absolute atomic E-state index is 12.9. The fourth-order valence-electron chi connectivity index (χ4n) is 3.58. The van der Waals surface area contributed by atoms with E-state index >= 15 is 0 Å². The lowest BCUT2D eigenvalue weighted by Crippen LogP contribution is -2.47. The molecule has 0 saturated heterocycles. The first kappa shape index (κ1) is 19.9. The summed E-state index contributed by atoms with van der Waals surface area (Å²) in [6.45, 7) is 2.39. The summed E-state index contributed by atoms with van der Waals surface area (Å²) in [5.41, 5.74) is 2.86. The van der Waals surface area contributed by atoms with Gasteiger partial charge in [0.25, 0.3) is 0 Å². The molecule has 3 rings (SSSR count). The van der Waals surface area contributed by atoms with E-state index in [0.29, 0.717) is 11.4 Å². The van der Waals surface area contributed by atoms with Crippen molar-refractivity contribution in [3.05, 3.63) is 54.1 Å². The molecule has 0 bridgehead atoms. The van der Waals surface area contributed by atoms with Gasteiger partial charge in [-0.3, -0.25) is 14.5 Å². The number of amides is 2. The zero-order valence-corrected chi connectivity index (χ0v) is 16.6. The van der Waals surface area contributed by atoms with Gasteiger partial charge in [0, 0.05) is 23.5 Å². The van der Waals surface area contributed by atoms with Gasteiger partial charge < -0.3 is 15.0 Å². The fourth-order valence-corrected chi connectivity index (χ4v) is 3.58. The zero-order valence-electron chi connectivity index (χ0n) is 16.6. The van der Waals surface area contributed by atoms with E-state index in [1.54, 1.807) is 31.2 Å². The molecule has 1 atom stereocenters. The molecule has 6 heteroatoms. The van der Waals surface area contributed by atoms with Crippen molar-refractivity contribution in [2.75, 3.05) is 37.5 Å². The highest BCUT2D eigenvalue weighted by Crippen LogP contribution is 2.30. The minimum atomic E-state index is -0.171. The lowest BCUT2D eigenvalue weighted by molar-refractivity contribution is -0.121. The van der Waals surface area contributed by atoms with Crippen LogP contribution in [0.3, 0.4) is 0 Å². The van der Waals surface area contributed by atoms with E-state index in [0.717, 1.165) is 18.5 Å². The number of hydrogen-bond acceptors (Lipinski definition) is 4. The summed E-state index contributed by atoms with van der Waals surface area (Å²) in [7, 11) is 3.36. The third-order valence-corrected chi connectivity index (χ3v) is 4.96. The first-order chi connectivity index (χ1) is 13.5. The highest BCUT2D eigenvalue weighted by atomic mass is 16.5. The van der Waals surface area contributed by atoms with E-state index in [1.165, 1.54) is 5.56 Å². The topological polar surface area (TPSA) is 61.9 Å². The molecule has 1 N–H and O–H groups in total. The molecule has 0 spiro atoms. The van der Waals surface area contributed by atoms with Crippen LogP contribution in [-0.4, -0.2) is 50.0 Å². The number of nitrogens with zero attached hydrogens (tertiary/aromatic N) is 2. The Kier molecular flexibility index (Phi) is 6.31. The summed E-state index contributed by atoms with van der Waals surface area (Å²) in [5, 5.41) is 2.84. The van der Waals surface area contributed by atoms with Crippen LogP contribution in [0.25, 0.3) is 0 Å². The standard InChI is InChI=1S/C22H27N3O3/c1-16-11-12-17-7-4-5-10-20(17)25(16)22(27)15-24(2)14-21(26)23-18-8-6-9-19(13-18)28-3/h4-10,13,16H,11-12,14-15H2,1-3H3,(H,23,26). The number of fused-ring (bicyclic) bond motifs is 1. The number of hydrogen-bond donors (Lipinski definition) is 1. The monoisotopic (exact) mass is 381 g/mol. The van der Waals surface area contributed by atoms with Crippen molar-refractivity contribution in [2.45, 2.75) is 25.8 Å². The van der Waals surface area contributed by atoms with Gasteiger partial charge in [-0.15, -0.1) is 0 Å². The molecule has 2 aromatic carbocycles. The zero-order chi connectivity index (χ0) is 20.1. The normalized spacial score (nSPS) is 15.9. The molecule has 0 radical (unpaired) electrons. The summed E-state index contributed by atoms with van der Waals surface area (Å²) in [6.07, 6.45) is 1.93. The highest BCUT2D eigenvalue weighted by molar-refractivity contribution is 5.97. The van der Waals surface area contributed by atoms with Crippen molar-refractivity contribution < 1.29 is 14.3 Å². The number of para-hydroxylation sites is 1. The average Bonchev–Trinajstić information content (AvgIpc) is 2.67. The Balaban J connectivity index is 1.59. The fraction of sp³-hybridized carbons (Fsp3) is 0.364. The van der Waals surface area contributed by atoms with Crippen LogP contribution < -0.4 is 15.0 Å². The van der Waals surface area contributed by atoms with Crippen LogP contribution in [0.1, 0.15) is 18.9 Å². The number of aryl methyl sites for hydroxylation is 1. The molecule has 0 aromatic heterocycles. The minimum absolute atomic E-state index is 0.0105. The van der Waals surface area contributed by atoms with E-state index in [1.807, 2.05) is 35.2 Å². The van der Waals surface area contributed by atoms with E-state index in [9.17, 15) is 9.59 Å². The van der Waals surface area contributed by atoms with E-state index in [-0.39, 0.29) is 30.9 Å². The van der Waals surface area contributed by atoms with Crippen molar-refractivity contribution in [1.29, 1.82) is 0 Å². The second-order valence-electron chi connectivity index (χ2n) is 7.23. The average molecular weight is 381 g/mol. The van der Waals surface area contributed by atoms with Crippen LogP contribution in [0, 0.1) is 0 Å². The molecule has 1 unspecified atom stereocenters. The van der Waals surface area contributed by atoms with Crippen LogP contribution in [0.2, 0.25) is 0 Å². The van der Waals surface area contributed by atoms with E-state index in [2.05, 4.69) is 18.3 Å². The van der Waals surface area contributed by atoms with Crippen molar-refractivity contribution in [1.82, 2.24) is 4.90 Å². The summed E-state index contributed by atoms with van der Waals surface area (Å²) in [5.74, 6) is 0.519. The SMILES string of the molecule is COc1cccc(NC(=O)CN(C)CC(=O)N2c3ccccc3CCC2C)c1. The molecule has 0 saturated carbocycles. The van der Waals surface area contributed by atoms with Crippen molar-refractivity contribution in [3.63, 3.8) is 0 Å². The number of methoxy groups -OCH3 is 1. The molecule has 1 aliphatic heterocycles. The van der Waals surface area contributed by atoms with Gasteiger partial charge in [-0.2, -0.15) is 0 Å². The summed E-state index contributed by atoms with van der Waals surface area (Å²) in [4.78, 5) is 28.9. The van der Waals surface area contributed by atoms with Crippen LogP contribution in [0.4, 0.5) is 11.4 Å². The number of likely N-dealkylation sites (N-methyl/N-ethyl adjacent to an activating group) is 1. The quantitative estimate of drug-likeness (QED) is 0.836. The van der Waals surface area contributed by atoms with Gasteiger partial charge in [0.15, 0.2) is 0 Å². The minimum Gasteiger partial charge on any atom is -0.497 e. The van der Waals surface area contributed by atoms with Crippen molar-refractivity contribution >= 4 is 23.2 Å². The van der Waals surface area contributed by atoms with Gasteiger partial charge in [-0.1, -0.05) is 24.3 Å². The van der Waals surface area contributed by atoms with Crippen LogP contribution in [0.15, 0.2) is 48.5 Å². The van der Waals surface area contributed by atoms with Gasteiger partial charge in [0.2, 0.25) is 11.8 Å². The van der Waals surface area contributed by atoms with Crippen LogP contribution >= 0.6 is 0 Å². The van der Waals surface area contributed by atoms with Crippen molar-refractivity contribution in [3.8, 4) is 5.75 Å². The Morgan fingerprint density at radius 3 is 2.75 bits per heavy atom. The molecule has 1 aliphatic rings. The predicted molar refractivity (Wildman–Crippen MR) is 111 cm³/mol. The molecule has 2 aromatic rings. The molecule has 6 nitrogen and oxygen atoms in total. The molecule has 0 fully saturated rings. The van der Waals surface area contributed by atoms with Gasteiger partial charge in [0.1, 0.15) is 5.75 Å². The van der Waals surface area contributed by atoms with E-state index < -0.39 is 0 Å². The molecular weight excluding hydrogens is 354 g/mol. The second kappa shape index (κ2) is 8.89. The van der Waals surface area contributed by atoms with Gasteiger partial charge in [-0.25, -0.2) is 0 Å². The Morgan fingerprint density at radius 1 is 1.18 bits per heavy atom. The van der Waals surface area contributed by atoms with Crippen molar-refractivity contribution in [2.24, 2.45) is 0 Å². The number of anilines is 2. The van der Waals surface area contributed by atoms with Crippen LogP contribution in [-0.2, 0) is 16.0 Å². The summed E-state index contributed by atoms with van der Waals surface area (Å²) >= 11 is 0. The Labute approximate surface area is 166 Å². The van der Waals surface area contributed by atoms with Gasteiger partial charge >= 0.3 is 0 Å². The number of ether oxygens (including phenoxy) is 1. The van der Waals surface area contributed by atoms with Crippen LogP contribution in [0.5, 0.6) is 5.75 Å². The van der Waals surface area contributed by atoms with Gasteiger partial charge in [0.05, 0.1) is 20.2 Å². The third kappa shape index (κ3) is 4.70. The Morgan fingerprint density at radius 2 is 1.96 bits per heavy atom. The lowest BCUT2D eigenvalue weighted by Gasteiger charge is -2.36. The smallest absolute Gasteiger partial charge is 0.241 e. The van der Waals surface area contributed by atoms with E-state index in [4.69, 9.17) is 4.74 Å². The summed E-state index contributed by atoms with van der Waals surface area (Å²) < 4.78 is 5.16. The number of rotatable bonds is 6. The van der Waals surface area contributed by atoms with Gasteiger partial charge in [-0.05, 0) is 50.6 Å². The largest absolute Gasteiger partial charge is 0.497 e. The number of carbonyl (C=O) groups is 2. The first-order valence-corrected chi connectivity index (χ1v) is 9.50. The molecule has 0 aliphatic carbocycles. The number of carbonyl (C=O) groups excluding carboxylic acids is 2. The molecule has 148 valence electrons. The highest BCUT2D eigenvalue weighted by Gasteiger charge is 2.28. The maximum atomic E-state index is 12.9. The second-order valence-corrected chi connectivity index (χ2v) is 7.23. The number of nitrogens with one attached hydrogen (secondary N) is 1. The molecular formula is C22H27N3O3. The Hall–Kier alpha value is -2.86. The molecule has 28 heavy (non-hydrogen) atoms. The summed E-state index contributed by atoms with van der Waals surface area (Å²) in [6, 6.07) is 15.4. The molecule has 2 amide bonds. The molecule has 1 heterocycles. The maximum Gasteiger partial charge on any atom is 0.241 e. The predicted octanol–water partition coefficient (Wildman–Crippen LogP) is 2.93. The lowest BCUT2D eigenvalue weighted by atomic mass is 9.96. The first-order valence-electron chi connectivity index (χ1n) is 9.50. The Bertz CT molecular complexity index is 852.